The van der Waals surface area contributed by atoms with Crippen LogP contribution in [0.25, 0.3) is 6.08 Å². The van der Waals surface area contributed by atoms with Crippen molar-refractivity contribution in [1.82, 2.24) is 14.7 Å². The van der Waals surface area contributed by atoms with Crippen molar-refractivity contribution in [2.24, 2.45) is 0 Å². The van der Waals surface area contributed by atoms with Crippen LogP contribution in [0, 0.1) is 32.5 Å². The Bertz CT molecular complexity index is 1120. The number of terminal acetylenes is 1. The Morgan fingerprint density at radius 3 is 2.19 bits per heavy atom. The van der Waals surface area contributed by atoms with E-state index < -0.39 is 0 Å². The highest BCUT2D eigenvalue weighted by Gasteiger charge is 2.30. The van der Waals surface area contributed by atoms with Crippen molar-refractivity contribution >= 4 is 6.08 Å². The van der Waals surface area contributed by atoms with E-state index in [0.717, 1.165) is 49.5 Å². The fraction of sp³-hybridized carbons (Fsp3) is 0.526. The summed E-state index contributed by atoms with van der Waals surface area (Å²) in [6.45, 7) is 16.7. The van der Waals surface area contributed by atoms with E-state index in [-0.39, 0.29) is 5.82 Å². The highest BCUT2D eigenvalue weighted by Crippen LogP contribution is 2.36. The number of hydrogen-bond donors (Lipinski definition) is 0. The molecule has 4 heteroatoms. The zero-order valence-electron chi connectivity index (χ0n) is 26.5. The molecule has 228 valence electrons. The van der Waals surface area contributed by atoms with Crippen LogP contribution in [-0.4, -0.2) is 60.0 Å². The standard InChI is InChI=1S/C27H42FN3.C9H10.C2H2/c1-21-12-14-23(20-26(21)28)27-11-7-10-24(29(27)3)15-13-22(2)30-16-18-31(19-17-30)25-8-5-4-6-9-25;1-3-9-6-4-8(2)5-7-9;1-2/h12,14,20,24-25,27H,2,4-11,13,15-19H2,1,3H3;3-7H,1H2,2H3;1-2H/t24-,27+;;/m1../s1. The summed E-state index contributed by atoms with van der Waals surface area (Å²) in [6, 6.07) is 15.8. The third kappa shape index (κ3) is 9.58. The Morgan fingerprint density at radius 2 is 1.57 bits per heavy atom. The maximum Gasteiger partial charge on any atom is 0.126 e. The summed E-state index contributed by atoms with van der Waals surface area (Å²) in [4.78, 5) is 7.78. The molecule has 2 aliphatic heterocycles. The second-order valence-electron chi connectivity index (χ2n) is 12.3. The number of nitrogens with zero attached hydrogens (tertiary/aromatic N) is 3. The maximum absolute atomic E-state index is 14.1. The summed E-state index contributed by atoms with van der Waals surface area (Å²) < 4.78 is 14.1. The second kappa shape index (κ2) is 17.3. The molecule has 2 atom stereocenters. The first-order chi connectivity index (χ1) is 20.4. The Hall–Kier alpha value is -2.87. The first kappa shape index (κ1) is 33.6. The molecule has 0 unspecified atom stereocenters. The van der Waals surface area contributed by atoms with Crippen molar-refractivity contribution in [2.45, 2.75) is 96.2 Å². The Balaban J connectivity index is 0.000000373. The lowest BCUT2D eigenvalue weighted by molar-refractivity contribution is 0.0873. The molecule has 0 N–H and O–H groups in total. The summed E-state index contributed by atoms with van der Waals surface area (Å²) in [5.41, 5.74) is 5.66. The number of piperidine rings is 1. The van der Waals surface area contributed by atoms with Crippen LogP contribution in [0.5, 0.6) is 0 Å². The van der Waals surface area contributed by atoms with Gasteiger partial charge in [-0.25, -0.2) is 4.39 Å². The van der Waals surface area contributed by atoms with Crippen molar-refractivity contribution in [3.63, 3.8) is 0 Å². The third-order valence-corrected chi connectivity index (χ3v) is 9.59. The summed E-state index contributed by atoms with van der Waals surface area (Å²) in [5, 5.41) is 0. The number of piperazine rings is 1. The van der Waals surface area contributed by atoms with Crippen molar-refractivity contribution < 1.29 is 4.39 Å². The molecule has 5 rings (SSSR count). The van der Waals surface area contributed by atoms with E-state index in [1.54, 1.807) is 6.07 Å². The average Bonchev–Trinajstić information content (AvgIpc) is 3.04. The molecule has 0 amide bonds. The summed E-state index contributed by atoms with van der Waals surface area (Å²) >= 11 is 0. The minimum atomic E-state index is -0.0752. The molecule has 1 saturated carbocycles. The van der Waals surface area contributed by atoms with Gasteiger partial charge in [0.1, 0.15) is 5.82 Å². The molecule has 1 aliphatic carbocycles. The Kier molecular flexibility index (Phi) is 13.8. The highest BCUT2D eigenvalue weighted by atomic mass is 19.1. The molecule has 3 fully saturated rings. The summed E-state index contributed by atoms with van der Waals surface area (Å²) in [7, 11) is 2.23. The molecule has 0 aromatic heterocycles. The predicted octanol–water partition coefficient (Wildman–Crippen LogP) is 8.79. The van der Waals surface area contributed by atoms with Crippen molar-refractivity contribution in [2.75, 3.05) is 33.2 Å². The van der Waals surface area contributed by atoms with Crippen molar-refractivity contribution in [1.29, 1.82) is 0 Å². The number of hydrogen-bond acceptors (Lipinski definition) is 3. The van der Waals surface area contributed by atoms with Gasteiger partial charge in [0.15, 0.2) is 0 Å². The van der Waals surface area contributed by atoms with Gasteiger partial charge in [-0.05, 0) is 88.6 Å². The Morgan fingerprint density at radius 1 is 0.905 bits per heavy atom. The molecule has 0 bridgehead atoms. The lowest BCUT2D eigenvalue weighted by atomic mass is 9.89. The highest BCUT2D eigenvalue weighted by molar-refractivity contribution is 5.46. The van der Waals surface area contributed by atoms with E-state index in [1.807, 2.05) is 19.1 Å². The summed E-state index contributed by atoms with van der Waals surface area (Å²) in [5.74, 6) is -0.0752. The van der Waals surface area contributed by atoms with E-state index in [1.165, 1.54) is 74.9 Å². The first-order valence-electron chi connectivity index (χ1n) is 16.0. The van der Waals surface area contributed by atoms with Crippen molar-refractivity contribution in [3.8, 4) is 12.8 Å². The molecule has 42 heavy (non-hydrogen) atoms. The van der Waals surface area contributed by atoms with Gasteiger partial charge in [0.2, 0.25) is 0 Å². The van der Waals surface area contributed by atoms with Gasteiger partial charge < -0.3 is 4.90 Å². The molecule has 0 spiro atoms. The smallest absolute Gasteiger partial charge is 0.126 e. The van der Waals surface area contributed by atoms with Gasteiger partial charge in [-0.2, -0.15) is 0 Å². The van der Waals surface area contributed by atoms with Gasteiger partial charge in [-0.3, -0.25) is 9.80 Å². The van der Waals surface area contributed by atoms with Crippen LogP contribution in [0.4, 0.5) is 4.39 Å². The fourth-order valence-electron chi connectivity index (χ4n) is 6.82. The monoisotopic (exact) mass is 571 g/mol. The second-order valence-corrected chi connectivity index (χ2v) is 12.3. The van der Waals surface area contributed by atoms with Crippen LogP contribution >= 0.6 is 0 Å². The average molecular weight is 572 g/mol. The largest absolute Gasteiger partial charge is 0.373 e. The van der Waals surface area contributed by atoms with Crippen LogP contribution < -0.4 is 0 Å². The number of benzene rings is 2. The molecule has 2 aromatic rings. The molecule has 2 heterocycles. The van der Waals surface area contributed by atoms with Crippen LogP contribution in [0.2, 0.25) is 0 Å². The number of aryl methyl sites for hydroxylation is 2. The van der Waals surface area contributed by atoms with Gasteiger partial charge in [0, 0.05) is 50.0 Å². The first-order valence-corrected chi connectivity index (χ1v) is 16.0. The topological polar surface area (TPSA) is 9.72 Å². The number of likely N-dealkylation sites (tertiary alicyclic amines) is 1. The van der Waals surface area contributed by atoms with Gasteiger partial charge in [0.05, 0.1) is 0 Å². The fourth-order valence-corrected chi connectivity index (χ4v) is 6.82. The van der Waals surface area contributed by atoms with Crippen LogP contribution in [0.15, 0.2) is 61.3 Å². The molecule has 3 aliphatic rings. The molecule has 2 aromatic carbocycles. The van der Waals surface area contributed by atoms with Gasteiger partial charge >= 0.3 is 0 Å². The van der Waals surface area contributed by atoms with E-state index in [4.69, 9.17) is 0 Å². The Labute approximate surface area is 256 Å². The molecular formula is C38H54FN3. The predicted molar refractivity (Wildman–Crippen MR) is 179 cm³/mol. The van der Waals surface area contributed by atoms with Gasteiger partial charge in [-0.15, -0.1) is 12.8 Å². The van der Waals surface area contributed by atoms with Crippen LogP contribution in [0.3, 0.4) is 0 Å². The zero-order valence-corrected chi connectivity index (χ0v) is 26.5. The lowest BCUT2D eigenvalue weighted by Gasteiger charge is -2.43. The lowest BCUT2D eigenvalue weighted by Crippen LogP contribution is -2.50. The summed E-state index contributed by atoms with van der Waals surface area (Å²) in [6.07, 6.45) is 22.7. The SMILES string of the molecule is C#C.C=C(CC[C@H]1CCC[C@@H](c2ccc(C)c(F)c2)N1C)N1CCN(C2CCCCC2)CC1.C=Cc1ccc(C)cc1. The molecule has 0 radical (unpaired) electrons. The molecule has 2 saturated heterocycles. The third-order valence-electron chi connectivity index (χ3n) is 9.59. The maximum atomic E-state index is 14.1. The van der Waals surface area contributed by atoms with Gasteiger partial charge in [-0.1, -0.05) is 80.5 Å². The zero-order chi connectivity index (χ0) is 30.5. The quantitative estimate of drug-likeness (QED) is 0.308. The van der Waals surface area contributed by atoms with Gasteiger partial charge in [0.25, 0.3) is 0 Å². The van der Waals surface area contributed by atoms with Crippen LogP contribution in [0.1, 0.15) is 92.5 Å². The van der Waals surface area contributed by atoms with E-state index in [2.05, 4.69) is 85.0 Å². The van der Waals surface area contributed by atoms with Crippen molar-refractivity contribution in [3.05, 3.63) is 89.4 Å². The van der Waals surface area contributed by atoms with E-state index in [0.29, 0.717) is 12.1 Å². The number of rotatable bonds is 7. The number of halogens is 1. The number of allylic oxidation sites excluding steroid dienone is 1. The molecular weight excluding hydrogens is 517 g/mol. The van der Waals surface area contributed by atoms with E-state index >= 15 is 0 Å². The minimum Gasteiger partial charge on any atom is -0.373 e. The minimum absolute atomic E-state index is 0.0752. The van der Waals surface area contributed by atoms with E-state index in [9.17, 15) is 4.39 Å². The van der Waals surface area contributed by atoms with Crippen LogP contribution in [-0.2, 0) is 0 Å². The molecule has 3 nitrogen and oxygen atoms in total. The normalized spacial score (nSPS) is 21.8.